The van der Waals surface area contributed by atoms with Gasteiger partial charge in [0, 0.05) is 10.7 Å². The Labute approximate surface area is 79.7 Å². The van der Waals surface area contributed by atoms with Crippen LogP contribution in [0, 0.1) is 4.91 Å². The van der Waals surface area contributed by atoms with Crippen molar-refractivity contribution in [2.75, 3.05) is 6.61 Å². The minimum Gasteiger partial charge on any atom is -0.484 e. The number of amides is 1. The lowest BCUT2D eigenvalue weighted by Gasteiger charge is -2.01. The molecule has 0 N–H and O–H groups in total. The van der Waals surface area contributed by atoms with Crippen LogP contribution in [0.4, 0.5) is 0 Å². The van der Waals surface area contributed by atoms with Crippen molar-refractivity contribution in [1.29, 1.82) is 0 Å². The Kier molecular flexibility index (Phi) is 3.49. The molecule has 0 aliphatic rings. The molecule has 0 atom stereocenters. The molecule has 0 unspecified atom stereocenters. The van der Waals surface area contributed by atoms with Gasteiger partial charge in [-0.15, -0.1) is 4.91 Å². The zero-order valence-electron chi connectivity index (χ0n) is 7.17. The molecule has 0 bridgehead atoms. The Morgan fingerprint density at radius 1 is 1.36 bits per heavy atom. The quantitative estimate of drug-likeness (QED) is 0.531. The highest BCUT2D eigenvalue weighted by atomic mass is 16.5. The van der Waals surface area contributed by atoms with E-state index in [0.717, 1.165) is 0 Å². The summed E-state index contributed by atoms with van der Waals surface area (Å²) in [6.45, 7) is -0.385. The van der Waals surface area contributed by atoms with Crippen molar-refractivity contribution in [3.8, 4) is 5.75 Å². The molecule has 0 spiro atoms. The number of aldehydes is 1. The van der Waals surface area contributed by atoms with Gasteiger partial charge in [0.25, 0.3) is 0 Å². The summed E-state index contributed by atoms with van der Waals surface area (Å²) < 4.78 is 4.90. The Hall–Kier alpha value is -2.04. The SMILES string of the molecule is O=Cc1ccc(OCC(=O)N=O)cc1. The van der Waals surface area contributed by atoms with E-state index in [2.05, 4.69) is 5.18 Å². The van der Waals surface area contributed by atoms with Crippen LogP contribution in [-0.2, 0) is 4.79 Å². The van der Waals surface area contributed by atoms with E-state index in [-0.39, 0.29) is 6.61 Å². The molecule has 72 valence electrons. The first-order valence-corrected chi connectivity index (χ1v) is 3.80. The fraction of sp³-hybridized carbons (Fsp3) is 0.111. The standard InChI is InChI=1S/C9H7NO4/c11-5-7-1-3-8(4-2-7)14-6-9(12)10-13/h1-5H,6H2. The Morgan fingerprint density at radius 2 is 2.00 bits per heavy atom. The summed E-state index contributed by atoms with van der Waals surface area (Å²) in [6, 6.07) is 6.14. The monoisotopic (exact) mass is 193 g/mol. The first kappa shape index (κ1) is 10.0. The van der Waals surface area contributed by atoms with Crippen molar-refractivity contribution in [2.24, 2.45) is 5.18 Å². The van der Waals surface area contributed by atoms with Crippen LogP contribution < -0.4 is 4.74 Å². The van der Waals surface area contributed by atoms with E-state index in [1.165, 1.54) is 12.1 Å². The highest BCUT2D eigenvalue weighted by Crippen LogP contribution is 2.10. The van der Waals surface area contributed by atoms with E-state index in [9.17, 15) is 14.5 Å². The van der Waals surface area contributed by atoms with Gasteiger partial charge in [0.1, 0.15) is 12.0 Å². The molecule has 14 heavy (non-hydrogen) atoms. The Morgan fingerprint density at radius 3 is 2.50 bits per heavy atom. The van der Waals surface area contributed by atoms with Gasteiger partial charge in [0.15, 0.2) is 6.61 Å². The third kappa shape index (κ3) is 2.78. The molecule has 1 aromatic carbocycles. The summed E-state index contributed by atoms with van der Waals surface area (Å²) in [5.41, 5.74) is 0.511. The van der Waals surface area contributed by atoms with Crippen LogP contribution in [0.2, 0.25) is 0 Å². The predicted molar refractivity (Wildman–Crippen MR) is 48.1 cm³/mol. The molecule has 1 rings (SSSR count). The first-order valence-electron chi connectivity index (χ1n) is 3.80. The van der Waals surface area contributed by atoms with Gasteiger partial charge in [0.2, 0.25) is 0 Å². The van der Waals surface area contributed by atoms with Crippen LogP contribution in [0.25, 0.3) is 0 Å². The molecule has 0 aliphatic carbocycles. The Balaban J connectivity index is 2.55. The molecular weight excluding hydrogens is 186 g/mol. The largest absolute Gasteiger partial charge is 0.484 e. The number of carbonyl (C=O) groups is 2. The average molecular weight is 193 g/mol. The normalized spacial score (nSPS) is 9.14. The number of hydrogen-bond donors (Lipinski definition) is 0. The van der Waals surface area contributed by atoms with Gasteiger partial charge < -0.3 is 4.74 Å². The number of nitrogens with zero attached hydrogens (tertiary/aromatic N) is 1. The van der Waals surface area contributed by atoms with Crippen LogP contribution in [-0.4, -0.2) is 18.8 Å². The summed E-state index contributed by atoms with van der Waals surface area (Å²) in [4.78, 5) is 30.4. The van der Waals surface area contributed by atoms with Crippen molar-refractivity contribution in [3.05, 3.63) is 34.7 Å². The van der Waals surface area contributed by atoms with Crippen molar-refractivity contribution in [2.45, 2.75) is 0 Å². The lowest BCUT2D eigenvalue weighted by atomic mass is 10.2. The van der Waals surface area contributed by atoms with Crippen LogP contribution in [0.3, 0.4) is 0 Å². The molecule has 0 aliphatic heterocycles. The van der Waals surface area contributed by atoms with Crippen molar-refractivity contribution >= 4 is 12.2 Å². The first-order chi connectivity index (χ1) is 6.76. The molecule has 5 nitrogen and oxygen atoms in total. The van der Waals surface area contributed by atoms with E-state index < -0.39 is 5.91 Å². The number of hydrogen-bond acceptors (Lipinski definition) is 4. The van der Waals surface area contributed by atoms with Gasteiger partial charge in [-0.25, -0.2) is 0 Å². The van der Waals surface area contributed by atoms with Gasteiger partial charge in [-0.3, -0.25) is 9.59 Å². The molecule has 0 saturated heterocycles. The average Bonchev–Trinajstić information content (AvgIpc) is 2.26. The molecule has 0 heterocycles. The highest BCUT2D eigenvalue weighted by molar-refractivity contribution is 5.78. The van der Waals surface area contributed by atoms with E-state index in [0.29, 0.717) is 17.6 Å². The minimum atomic E-state index is -0.871. The van der Waals surface area contributed by atoms with Gasteiger partial charge in [-0.1, -0.05) is 0 Å². The number of carbonyl (C=O) groups excluding carboxylic acids is 2. The van der Waals surface area contributed by atoms with Crippen LogP contribution in [0.1, 0.15) is 10.4 Å². The minimum absolute atomic E-state index is 0.385. The van der Waals surface area contributed by atoms with Gasteiger partial charge in [-0.05, 0) is 24.3 Å². The van der Waals surface area contributed by atoms with Crippen LogP contribution >= 0.6 is 0 Å². The maximum absolute atomic E-state index is 10.4. The Bertz CT molecular complexity index is 344. The maximum atomic E-state index is 10.4. The van der Waals surface area contributed by atoms with E-state index in [1.807, 2.05) is 0 Å². The second-order valence-electron chi connectivity index (χ2n) is 2.46. The van der Waals surface area contributed by atoms with Crippen LogP contribution in [0.15, 0.2) is 29.4 Å². The number of ether oxygens (including phenoxy) is 1. The smallest absolute Gasteiger partial charge is 0.323 e. The second kappa shape index (κ2) is 4.86. The number of nitroso groups, excluding NO2 is 1. The maximum Gasteiger partial charge on any atom is 0.323 e. The fourth-order valence-electron chi connectivity index (χ4n) is 0.814. The molecular formula is C9H7NO4. The lowest BCUT2D eigenvalue weighted by molar-refractivity contribution is -0.119. The third-order valence-electron chi connectivity index (χ3n) is 1.48. The predicted octanol–water partition coefficient (Wildman–Crippen LogP) is 1.17. The summed E-state index contributed by atoms with van der Waals surface area (Å²) >= 11 is 0. The van der Waals surface area contributed by atoms with Gasteiger partial charge >= 0.3 is 5.91 Å². The van der Waals surface area contributed by atoms with Gasteiger partial charge in [0.05, 0.1) is 0 Å². The molecule has 0 aromatic heterocycles. The lowest BCUT2D eigenvalue weighted by Crippen LogP contribution is -2.07. The summed E-state index contributed by atoms with van der Waals surface area (Å²) in [6.07, 6.45) is 0.696. The third-order valence-corrected chi connectivity index (χ3v) is 1.48. The number of rotatable bonds is 4. The topological polar surface area (TPSA) is 72.8 Å². The zero-order chi connectivity index (χ0) is 10.4. The second-order valence-corrected chi connectivity index (χ2v) is 2.46. The molecule has 1 amide bonds. The summed E-state index contributed by atoms with van der Waals surface area (Å²) in [5, 5.41) is 2.17. The van der Waals surface area contributed by atoms with E-state index in [4.69, 9.17) is 4.74 Å². The van der Waals surface area contributed by atoms with Crippen molar-refractivity contribution in [1.82, 2.24) is 0 Å². The van der Waals surface area contributed by atoms with Crippen molar-refractivity contribution in [3.63, 3.8) is 0 Å². The zero-order valence-corrected chi connectivity index (χ0v) is 7.17. The van der Waals surface area contributed by atoms with Gasteiger partial charge in [-0.2, -0.15) is 0 Å². The van der Waals surface area contributed by atoms with Crippen LogP contribution in [0.5, 0.6) is 5.75 Å². The molecule has 0 fully saturated rings. The summed E-state index contributed by atoms with van der Waals surface area (Å²) in [5.74, 6) is -0.461. The molecule has 5 heteroatoms. The molecule has 0 saturated carbocycles. The fourth-order valence-corrected chi connectivity index (χ4v) is 0.814. The summed E-state index contributed by atoms with van der Waals surface area (Å²) in [7, 11) is 0. The van der Waals surface area contributed by atoms with E-state index in [1.54, 1.807) is 12.1 Å². The molecule has 0 radical (unpaired) electrons. The highest BCUT2D eigenvalue weighted by Gasteiger charge is 2.01. The van der Waals surface area contributed by atoms with E-state index >= 15 is 0 Å². The van der Waals surface area contributed by atoms with Crippen molar-refractivity contribution < 1.29 is 14.3 Å². The molecule has 1 aromatic rings. The number of benzene rings is 1.